The monoisotopic (exact) mass is 316 g/mol. The minimum Gasteiger partial charge on any atom is -0.463 e. The lowest BCUT2D eigenvalue weighted by Crippen LogP contribution is -2.22. The first-order valence-corrected chi connectivity index (χ1v) is 7.86. The Balaban J connectivity index is 4.34. The smallest absolute Gasteiger partial charge is 0.313 e. The fourth-order valence-electron chi connectivity index (χ4n) is 1.83. The van der Waals surface area contributed by atoms with Crippen LogP contribution >= 0.6 is 0 Å². The Morgan fingerprint density at radius 2 is 1.73 bits per heavy atom. The fourth-order valence-corrected chi connectivity index (χ4v) is 1.83. The number of hydrogen-bond donors (Lipinski definition) is 2. The van der Waals surface area contributed by atoms with Crippen LogP contribution in [0.4, 0.5) is 0 Å². The van der Waals surface area contributed by atoms with E-state index in [0.717, 1.165) is 25.7 Å². The van der Waals surface area contributed by atoms with Crippen molar-refractivity contribution in [2.45, 2.75) is 45.4 Å². The summed E-state index contributed by atoms with van der Waals surface area (Å²) >= 11 is 0. The number of carbonyl (C=O) groups is 2. The molecule has 0 heterocycles. The zero-order chi connectivity index (χ0) is 16.6. The third-order valence-electron chi connectivity index (χ3n) is 2.97. The molecule has 6 heteroatoms. The van der Waals surface area contributed by atoms with Gasteiger partial charge in [0.2, 0.25) is 0 Å². The van der Waals surface area contributed by atoms with E-state index in [2.05, 4.69) is 6.92 Å². The van der Waals surface area contributed by atoms with Gasteiger partial charge in [0.15, 0.2) is 0 Å². The van der Waals surface area contributed by atoms with Crippen LogP contribution in [0.1, 0.15) is 45.4 Å². The molecule has 0 aliphatic carbocycles. The van der Waals surface area contributed by atoms with Crippen molar-refractivity contribution < 1.29 is 29.3 Å². The quantitative estimate of drug-likeness (QED) is 0.304. The maximum absolute atomic E-state index is 11.8. The van der Waals surface area contributed by atoms with E-state index in [1.165, 1.54) is 6.42 Å². The van der Waals surface area contributed by atoms with Crippen LogP contribution in [0, 0.1) is 5.92 Å². The van der Waals surface area contributed by atoms with Gasteiger partial charge in [-0.15, -0.1) is 0 Å². The Labute approximate surface area is 132 Å². The van der Waals surface area contributed by atoms with Crippen LogP contribution in [0.5, 0.6) is 0 Å². The largest absolute Gasteiger partial charge is 0.463 e. The maximum atomic E-state index is 11.8. The molecule has 0 aromatic carbocycles. The number of ether oxygens (including phenoxy) is 2. The van der Waals surface area contributed by atoms with Crippen molar-refractivity contribution in [3.63, 3.8) is 0 Å². The molecule has 0 fully saturated rings. The summed E-state index contributed by atoms with van der Waals surface area (Å²) in [6, 6.07) is 0. The summed E-state index contributed by atoms with van der Waals surface area (Å²) in [4.78, 5) is 23.4. The molecule has 0 saturated heterocycles. The first-order chi connectivity index (χ1) is 10.7. The average Bonchev–Trinajstić information content (AvgIpc) is 2.52. The topological polar surface area (TPSA) is 93.1 Å². The van der Waals surface area contributed by atoms with Gasteiger partial charge < -0.3 is 19.7 Å². The third kappa shape index (κ3) is 11.3. The Morgan fingerprint density at radius 1 is 1.05 bits per heavy atom. The van der Waals surface area contributed by atoms with Crippen LogP contribution in [0.3, 0.4) is 0 Å². The van der Waals surface area contributed by atoms with Crippen LogP contribution in [-0.4, -0.2) is 48.6 Å². The average molecular weight is 316 g/mol. The van der Waals surface area contributed by atoms with Gasteiger partial charge in [-0.05, 0) is 12.8 Å². The fraction of sp³-hybridized carbons (Fsp3) is 0.750. The first-order valence-electron chi connectivity index (χ1n) is 7.86. The van der Waals surface area contributed by atoms with E-state index in [9.17, 15) is 9.59 Å². The summed E-state index contributed by atoms with van der Waals surface area (Å²) in [5, 5.41) is 17.3. The summed E-state index contributed by atoms with van der Waals surface area (Å²) in [6.07, 6.45) is 8.77. The molecule has 1 atom stereocenters. The van der Waals surface area contributed by atoms with Crippen molar-refractivity contribution in [1.82, 2.24) is 0 Å². The van der Waals surface area contributed by atoms with Gasteiger partial charge in [0, 0.05) is 0 Å². The standard InChI is InChI=1S/C16H28O6/c1-2-3-4-5-6-7-8-14(16(20)22-12-10-18)13-15(19)21-11-9-17/h7-8,14,17-18H,2-6,9-13H2,1H3/b8-7+. The van der Waals surface area contributed by atoms with Crippen molar-refractivity contribution >= 4 is 11.9 Å². The predicted octanol–water partition coefficient (Wildman–Crippen LogP) is 1.59. The van der Waals surface area contributed by atoms with Crippen LogP contribution in [0.25, 0.3) is 0 Å². The molecule has 0 aromatic heterocycles. The van der Waals surface area contributed by atoms with Gasteiger partial charge in [-0.2, -0.15) is 0 Å². The number of hydrogen-bond acceptors (Lipinski definition) is 6. The minimum atomic E-state index is -0.719. The van der Waals surface area contributed by atoms with Gasteiger partial charge in [-0.3, -0.25) is 9.59 Å². The molecule has 0 aliphatic heterocycles. The summed E-state index contributed by atoms with van der Waals surface area (Å²) in [5.41, 5.74) is 0. The minimum absolute atomic E-state index is 0.0853. The van der Waals surface area contributed by atoms with E-state index in [4.69, 9.17) is 19.7 Å². The van der Waals surface area contributed by atoms with E-state index in [-0.39, 0.29) is 32.8 Å². The highest BCUT2D eigenvalue weighted by Gasteiger charge is 2.21. The number of unbranched alkanes of at least 4 members (excludes halogenated alkanes) is 4. The number of rotatable bonds is 13. The van der Waals surface area contributed by atoms with Gasteiger partial charge in [0.25, 0.3) is 0 Å². The van der Waals surface area contributed by atoms with Crippen molar-refractivity contribution in [2.24, 2.45) is 5.92 Å². The SMILES string of the molecule is CCCCCC/C=C/C(CC(=O)OCCO)C(=O)OCCO. The normalized spacial score (nSPS) is 12.3. The Bertz CT molecular complexity index is 327. The molecular weight excluding hydrogens is 288 g/mol. The maximum Gasteiger partial charge on any atom is 0.313 e. The molecule has 128 valence electrons. The Morgan fingerprint density at radius 3 is 2.36 bits per heavy atom. The van der Waals surface area contributed by atoms with Gasteiger partial charge >= 0.3 is 11.9 Å². The first kappa shape index (κ1) is 20.6. The molecule has 22 heavy (non-hydrogen) atoms. The van der Waals surface area contributed by atoms with E-state index in [1.54, 1.807) is 6.08 Å². The predicted molar refractivity (Wildman–Crippen MR) is 82.1 cm³/mol. The lowest BCUT2D eigenvalue weighted by atomic mass is 10.0. The molecule has 0 saturated carbocycles. The van der Waals surface area contributed by atoms with Crippen LogP contribution in [-0.2, 0) is 19.1 Å². The van der Waals surface area contributed by atoms with Crippen molar-refractivity contribution in [3.8, 4) is 0 Å². The zero-order valence-electron chi connectivity index (χ0n) is 13.3. The summed E-state index contributed by atoms with van der Waals surface area (Å²) in [6.45, 7) is 1.46. The summed E-state index contributed by atoms with van der Waals surface area (Å²) in [5.74, 6) is -1.83. The van der Waals surface area contributed by atoms with E-state index in [1.807, 2.05) is 6.08 Å². The second-order valence-corrected chi connectivity index (χ2v) is 4.92. The van der Waals surface area contributed by atoms with Gasteiger partial charge in [-0.1, -0.05) is 38.3 Å². The van der Waals surface area contributed by atoms with Crippen molar-refractivity contribution in [2.75, 3.05) is 26.4 Å². The van der Waals surface area contributed by atoms with Gasteiger partial charge in [0.1, 0.15) is 13.2 Å². The highest BCUT2D eigenvalue weighted by Crippen LogP contribution is 2.12. The number of allylic oxidation sites excluding steroid dienone is 1. The van der Waals surface area contributed by atoms with E-state index in [0.29, 0.717) is 0 Å². The molecule has 1 unspecified atom stereocenters. The highest BCUT2D eigenvalue weighted by atomic mass is 16.5. The molecule has 0 radical (unpaired) electrons. The lowest BCUT2D eigenvalue weighted by molar-refractivity contribution is -0.154. The number of esters is 2. The van der Waals surface area contributed by atoms with Crippen molar-refractivity contribution in [3.05, 3.63) is 12.2 Å². The summed E-state index contributed by atoms with van der Waals surface area (Å²) < 4.78 is 9.61. The number of carbonyl (C=O) groups excluding carboxylic acids is 2. The van der Waals surface area contributed by atoms with Crippen LogP contribution < -0.4 is 0 Å². The molecule has 0 rings (SSSR count). The Hall–Kier alpha value is -1.40. The molecular formula is C16H28O6. The lowest BCUT2D eigenvalue weighted by Gasteiger charge is -2.11. The second kappa shape index (κ2) is 14.5. The van der Waals surface area contributed by atoms with Gasteiger partial charge in [0.05, 0.1) is 25.6 Å². The second-order valence-electron chi connectivity index (χ2n) is 4.92. The summed E-state index contributed by atoms with van der Waals surface area (Å²) in [7, 11) is 0. The van der Waals surface area contributed by atoms with Crippen molar-refractivity contribution in [1.29, 1.82) is 0 Å². The van der Waals surface area contributed by atoms with Gasteiger partial charge in [-0.25, -0.2) is 0 Å². The molecule has 0 aromatic rings. The Kier molecular flexibility index (Phi) is 13.6. The molecule has 0 bridgehead atoms. The van der Waals surface area contributed by atoms with Crippen LogP contribution in [0.15, 0.2) is 12.2 Å². The molecule has 0 aliphatic rings. The third-order valence-corrected chi connectivity index (χ3v) is 2.97. The molecule has 6 nitrogen and oxygen atoms in total. The zero-order valence-corrected chi connectivity index (χ0v) is 13.3. The number of aliphatic hydroxyl groups excluding tert-OH is 2. The highest BCUT2D eigenvalue weighted by molar-refractivity contribution is 5.81. The van der Waals surface area contributed by atoms with Crippen LogP contribution in [0.2, 0.25) is 0 Å². The molecule has 0 spiro atoms. The van der Waals surface area contributed by atoms with E-state index < -0.39 is 17.9 Å². The molecule has 0 amide bonds. The molecule has 2 N–H and O–H groups in total. The number of aliphatic hydroxyl groups is 2. The van der Waals surface area contributed by atoms with E-state index >= 15 is 0 Å².